The van der Waals surface area contributed by atoms with Crippen LogP contribution in [0, 0.1) is 0 Å². The number of aliphatic hydroxyl groups is 1. The lowest BCUT2D eigenvalue weighted by atomic mass is 10.2. The van der Waals surface area contributed by atoms with E-state index in [0.29, 0.717) is 0 Å². The van der Waals surface area contributed by atoms with Crippen LogP contribution in [0.5, 0.6) is 0 Å². The second-order valence-electron chi connectivity index (χ2n) is 2.37. The van der Waals surface area contributed by atoms with Gasteiger partial charge in [0.25, 0.3) is 0 Å². The molecule has 74 valence electrons. The summed E-state index contributed by atoms with van der Waals surface area (Å²) in [7, 11) is 0. The number of carbonyl (C=O) groups is 2. The van der Waals surface area contributed by atoms with E-state index in [9.17, 15) is 9.59 Å². The lowest BCUT2D eigenvalue weighted by Crippen LogP contribution is -2.23. The van der Waals surface area contributed by atoms with Crippen LogP contribution in [-0.4, -0.2) is 34.9 Å². The number of carboxylic acid groups (broad SMARTS) is 1. The highest BCUT2D eigenvalue weighted by Gasteiger charge is 2.16. The lowest BCUT2D eigenvalue weighted by Gasteiger charge is -2.07. The van der Waals surface area contributed by atoms with Gasteiger partial charge >= 0.3 is 11.9 Å². The zero-order chi connectivity index (χ0) is 10.3. The van der Waals surface area contributed by atoms with Gasteiger partial charge in [-0.05, 0) is 6.42 Å². The summed E-state index contributed by atoms with van der Waals surface area (Å²) in [6.45, 7) is 3.33. The quantitative estimate of drug-likeness (QED) is 0.450. The molecule has 0 spiro atoms. The maximum Gasteiger partial charge on any atom is 0.335 e. The van der Waals surface area contributed by atoms with Crippen LogP contribution in [0.1, 0.15) is 12.8 Å². The fourth-order valence-electron chi connectivity index (χ4n) is 0.615. The maximum absolute atomic E-state index is 10.8. The molecule has 0 unspecified atom stereocenters. The molecule has 0 aliphatic rings. The molecule has 0 radical (unpaired) electrons. The van der Waals surface area contributed by atoms with Gasteiger partial charge in [-0.25, -0.2) is 4.79 Å². The molecule has 0 aliphatic carbocycles. The minimum absolute atomic E-state index is 0.0168. The maximum atomic E-state index is 10.8. The molecule has 5 nitrogen and oxygen atoms in total. The lowest BCUT2D eigenvalue weighted by molar-refractivity contribution is -0.153. The second kappa shape index (κ2) is 6.19. The molecule has 0 aromatic carbocycles. The third-order valence-electron chi connectivity index (χ3n) is 1.25. The Bertz CT molecular complexity index is 199. The summed E-state index contributed by atoms with van der Waals surface area (Å²) in [4.78, 5) is 20.9. The first-order chi connectivity index (χ1) is 6.07. The minimum Gasteiger partial charge on any atom is -0.481 e. The first-order valence-corrected chi connectivity index (χ1v) is 3.75. The highest BCUT2D eigenvalue weighted by Crippen LogP contribution is 1.99. The number of aliphatic hydroxyl groups excluding tert-OH is 1. The Kier molecular flexibility index (Phi) is 5.54. The van der Waals surface area contributed by atoms with Gasteiger partial charge in [-0.2, -0.15) is 0 Å². The van der Waals surface area contributed by atoms with Crippen molar-refractivity contribution in [3.63, 3.8) is 0 Å². The third kappa shape index (κ3) is 5.86. The Morgan fingerprint density at radius 2 is 2.15 bits per heavy atom. The van der Waals surface area contributed by atoms with E-state index in [-0.39, 0.29) is 19.4 Å². The van der Waals surface area contributed by atoms with E-state index in [0.717, 1.165) is 0 Å². The van der Waals surface area contributed by atoms with E-state index in [1.807, 2.05) is 0 Å². The smallest absolute Gasteiger partial charge is 0.335 e. The molecule has 2 N–H and O–H groups in total. The van der Waals surface area contributed by atoms with Crippen LogP contribution in [0.2, 0.25) is 0 Å². The number of ether oxygens (including phenoxy) is 1. The highest BCUT2D eigenvalue weighted by atomic mass is 16.5. The molecular formula is C8H12O5. The summed E-state index contributed by atoms with van der Waals surface area (Å²) in [5, 5.41) is 17.3. The van der Waals surface area contributed by atoms with Crippen molar-refractivity contribution in [2.45, 2.75) is 18.9 Å². The SMILES string of the molecule is C=CCOC(=O)[C@@H](O)CCC(=O)O. The van der Waals surface area contributed by atoms with Crippen LogP contribution in [-0.2, 0) is 14.3 Å². The molecular weight excluding hydrogens is 176 g/mol. The predicted molar refractivity (Wildman–Crippen MR) is 44.0 cm³/mol. The number of rotatable bonds is 6. The molecule has 0 aliphatic heterocycles. The third-order valence-corrected chi connectivity index (χ3v) is 1.25. The standard InChI is InChI=1S/C8H12O5/c1-2-5-13-8(12)6(9)3-4-7(10)11/h2,6,9H,1,3-5H2,(H,10,11)/t6-/m0/s1. The number of aliphatic carboxylic acids is 1. The zero-order valence-corrected chi connectivity index (χ0v) is 7.10. The van der Waals surface area contributed by atoms with Gasteiger partial charge in [0.05, 0.1) is 0 Å². The number of hydrogen-bond donors (Lipinski definition) is 2. The zero-order valence-electron chi connectivity index (χ0n) is 7.10. The summed E-state index contributed by atoms with van der Waals surface area (Å²) < 4.78 is 4.49. The van der Waals surface area contributed by atoms with E-state index in [2.05, 4.69) is 11.3 Å². The van der Waals surface area contributed by atoms with Crippen molar-refractivity contribution >= 4 is 11.9 Å². The Morgan fingerprint density at radius 3 is 2.62 bits per heavy atom. The molecule has 0 bridgehead atoms. The monoisotopic (exact) mass is 188 g/mol. The molecule has 0 amide bonds. The summed E-state index contributed by atoms with van der Waals surface area (Å²) in [6.07, 6.45) is -0.395. The van der Waals surface area contributed by atoms with Gasteiger partial charge in [0, 0.05) is 6.42 Å². The molecule has 0 heterocycles. The molecule has 1 atom stereocenters. The van der Waals surface area contributed by atoms with Gasteiger partial charge in [-0.1, -0.05) is 12.7 Å². The van der Waals surface area contributed by atoms with Crippen molar-refractivity contribution in [1.82, 2.24) is 0 Å². The number of hydrogen-bond acceptors (Lipinski definition) is 4. The summed E-state index contributed by atoms with van der Waals surface area (Å²) >= 11 is 0. The molecule has 0 saturated carbocycles. The minimum atomic E-state index is -1.36. The summed E-state index contributed by atoms with van der Waals surface area (Å²) in [6, 6.07) is 0. The number of esters is 1. The van der Waals surface area contributed by atoms with Gasteiger partial charge < -0.3 is 14.9 Å². The van der Waals surface area contributed by atoms with E-state index in [4.69, 9.17) is 10.2 Å². The second-order valence-corrected chi connectivity index (χ2v) is 2.37. The van der Waals surface area contributed by atoms with Crippen LogP contribution >= 0.6 is 0 Å². The molecule has 13 heavy (non-hydrogen) atoms. The average molecular weight is 188 g/mol. The van der Waals surface area contributed by atoms with Crippen LogP contribution in [0.25, 0.3) is 0 Å². The Labute approximate surface area is 75.6 Å². The highest BCUT2D eigenvalue weighted by molar-refractivity contribution is 5.75. The van der Waals surface area contributed by atoms with Gasteiger partial charge in [0.15, 0.2) is 6.10 Å². The van der Waals surface area contributed by atoms with Crippen molar-refractivity contribution in [2.75, 3.05) is 6.61 Å². The summed E-state index contributed by atoms with van der Waals surface area (Å²) in [5.74, 6) is -1.88. The molecule has 0 fully saturated rings. The normalized spacial score (nSPS) is 11.8. The van der Waals surface area contributed by atoms with Crippen LogP contribution in [0.3, 0.4) is 0 Å². The Morgan fingerprint density at radius 1 is 1.54 bits per heavy atom. The van der Waals surface area contributed by atoms with E-state index >= 15 is 0 Å². The van der Waals surface area contributed by atoms with Crippen LogP contribution in [0.4, 0.5) is 0 Å². The van der Waals surface area contributed by atoms with Crippen molar-refractivity contribution in [3.05, 3.63) is 12.7 Å². The van der Waals surface area contributed by atoms with Crippen molar-refractivity contribution in [3.8, 4) is 0 Å². The van der Waals surface area contributed by atoms with Crippen LogP contribution < -0.4 is 0 Å². The first-order valence-electron chi connectivity index (χ1n) is 3.75. The molecule has 0 rings (SSSR count). The molecule has 0 saturated heterocycles. The Hall–Kier alpha value is -1.36. The largest absolute Gasteiger partial charge is 0.481 e. The van der Waals surface area contributed by atoms with E-state index in [1.54, 1.807) is 0 Å². The van der Waals surface area contributed by atoms with Crippen molar-refractivity contribution in [1.29, 1.82) is 0 Å². The van der Waals surface area contributed by atoms with Crippen LogP contribution in [0.15, 0.2) is 12.7 Å². The van der Waals surface area contributed by atoms with E-state index in [1.165, 1.54) is 6.08 Å². The molecule has 0 aromatic heterocycles. The fourth-order valence-corrected chi connectivity index (χ4v) is 0.615. The van der Waals surface area contributed by atoms with Crippen molar-refractivity contribution in [2.24, 2.45) is 0 Å². The Balaban J connectivity index is 3.68. The molecule has 0 aromatic rings. The van der Waals surface area contributed by atoms with E-state index < -0.39 is 18.0 Å². The average Bonchev–Trinajstić information content (AvgIpc) is 2.10. The topological polar surface area (TPSA) is 83.8 Å². The number of carboxylic acids is 1. The summed E-state index contributed by atoms with van der Waals surface area (Å²) in [5.41, 5.74) is 0. The van der Waals surface area contributed by atoms with Gasteiger partial charge in [-0.3, -0.25) is 4.79 Å². The fraction of sp³-hybridized carbons (Fsp3) is 0.500. The van der Waals surface area contributed by atoms with Gasteiger partial charge in [0.2, 0.25) is 0 Å². The predicted octanol–water partition coefficient (Wildman–Crippen LogP) is -0.0587. The van der Waals surface area contributed by atoms with Gasteiger partial charge in [-0.15, -0.1) is 0 Å². The van der Waals surface area contributed by atoms with Crippen molar-refractivity contribution < 1.29 is 24.5 Å². The number of carbonyl (C=O) groups excluding carboxylic acids is 1. The van der Waals surface area contributed by atoms with Gasteiger partial charge in [0.1, 0.15) is 6.61 Å². The first kappa shape index (κ1) is 11.6. The molecule has 5 heteroatoms.